The van der Waals surface area contributed by atoms with E-state index in [1.165, 1.54) is 0 Å². The Balaban J connectivity index is 1.18. The highest BCUT2D eigenvalue weighted by Gasteiger charge is 2.37. The molecule has 0 bridgehead atoms. The number of fused-ring (bicyclic) bond motifs is 2. The number of aryl methyl sites for hydroxylation is 2. The Labute approximate surface area is 169 Å². The fraction of sp³-hybridized carbons (Fsp3) is 0.435. The highest BCUT2D eigenvalue weighted by molar-refractivity contribution is 6.00. The molecule has 6 nitrogen and oxygen atoms in total. The van der Waals surface area contributed by atoms with Crippen molar-refractivity contribution in [1.82, 2.24) is 15.3 Å². The number of benzene rings is 1. The second-order valence-electron chi connectivity index (χ2n) is 8.41. The van der Waals surface area contributed by atoms with E-state index in [-0.39, 0.29) is 23.8 Å². The molecule has 1 saturated carbocycles. The highest BCUT2D eigenvalue weighted by atomic mass is 16.5. The summed E-state index contributed by atoms with van der Waals surface area (Å²) in [4.78, 5) is 19.2. The Morgan fingerprint density at radius 3 is 3.00 bits per heavy atom. The van der Waals surface area contributed by atoms with Gasteiger partial charge in [-0.2, -0.15) is 0 Å². The van der Waals surface area contributed by atoms with Gasteiger partial charge in [-0.05, 0) is 62.9 Å². The average molecular weight is 393 g/mol. The van der Waals surface area contributed by atoms with E-state index in [1.54, 1.807) is 0 Å². The normalized spacial score (nSPS) is 26.8. The molecule has 0 amide bonds. The van der Waals surface area contributed by atoms with Gasteiger partial charge in [0, 0.05) is 52.6 Å². The van der Waals surface area contributed by atoms with Crippen LogP contribution < -0.4 is 10.1 Å². The molecule has 3 aromatic rings. The van der Waals surface area contributed by atoms with Gasteiger partial charge in [0.2, 0.25) is 0 Å². The zero-order valence-electron chi connectivity index (χ0n) is 16.6. The number of H-pyrrole nitrogens is 2. The van der Waals surface area contributed by atoms with Crippen LogP contribution in [0.15, 0.2) is 36.5 Å². The zero-order chi connectivity index (χ0) is 20.0. The van der Waals surface area contributed by atoms with Gasteiger partial charge in [0.15, 0.2) is 5.78 Å². The van der Waals surface area contributed by atoms with Gasteiger partial charge >= 0.3 is 0 Å². The van der Waals surface area contributed by atoms with E-state index in [0.717, 1.165) is 59.3 Å². The van der Waals surface area contributed by atoms with Crippen molar-refractivity contribution in [3.05, 3.63) is 53.5 Å². The monoisotopic (exact) mass is 393 g/mol. The van der Waals surface area contributed by atoms with E-state index in [1.807, 2.05) is 43.5 Å². The molecule has 2 aliphatic carbocycles. The van der Waals surface area contributed by atoms with E-state index >= 15 is 0 Å². The minimum absolute atomic E-state index is 0.0270. The number of aliphatic hydroxyl groups excluding tert-OH is 1. The summed E-state index contributed by atoms with van der Waals surface area (Å²) in [5.41, 5.74) is 4.02. The molecular weight excluding hydrogens is 366 g/mol. The number of rotatable bonds is 5. The molecule has 5 rings (SSSR count). The van der Waals surface area contributed by atoms with Crippen LogP contribution in [0, 0.1) is 12.8 Å². The molecular formula is C23H27N3O3. The minimum Gasteiger partial charge on any atom is -0.488 e. The van der Waals surface area contributed by atoms with E-state index in [2.05, 4.69) is 15.3 Å². The van der Waals surface area contributed by atoms with Crippen LogP contribution in [0.1, 0.15) is 41.0 Å². The maximum atomic E-state index is 12.8. The summed E-state index contributed by atoms with van der Waals surface area (Å²) in [7, 11) is 0. The first-order valence-electron chi connectivity index (χ1n) is 10.5. The molecule has 29 heavy (non-hydrogen) atoms. The van der Waals surface area contributed by atoms with E-state index in [4.69, 9.17) is 4.74 Å². The molecule has 152 valence electrons. The van der Waals surface area contributed by atoms with Crippen LogP contribution in [0.2, 0.25) is 0 Å². The number of aromatic amines is 2. The smallest absolute Gasteiger partial charge is 0.169 e. The summed E-state index contributed by atoms with van der Waals surface area (Å²) in [6.45, 7) is 2.59. The molecule has 4 unspecified atom stereocenters. The predicted molar refractivity (Wildman–Crippen MR) is 111 cm³/mol. The van der Waals surface area contributed by atoms with Crippen molar-refractivity contribution in [3.63, 3.8) is 0 Å². The molecule has 0 radical (unpaired) electrons. The number of carbonyl (C=O) groups excluding carboxylic acids is 1. The maximum Gasteiger partial charge on any atom is 0.169 e. The van der Waals surface area contributed by atoms with Crippen molar-refractivity contribution >= 4 is 16.7 Å². The number of hydrogen-bond acceptors (Lipinski definition) is 4. The fourth-order valence-corrected chi connectivity index (χ4v) is 4.80. The molecule has 4 N–H and O–H groups in total. The fourth-order valence-electron chi connectivity index (χ4n) is 4.80. The zero-order valence-corrected chi connectivity index (χ0v) is 16.6. The van der Waals surface area contributed by atoms with Crippen LogP contribution >= 0.6 is 0 Å². The third kappa shape index (κ3) is 3.47. The maximum absolute atomic E-state index is 12.8. The van der Waals surface area contributed by atoms with Gasteiger partial charge in [0.05, 0.1) is 0 Å². The molecule has 0 spiro atoms. The topological polar surface area (TPSA) is 90.1 Å². The number of ether oxygens (including phenoxy) is 1. The van der Waals surface area contributed by atoms with Gasteiger partial charge in [-0.1, -0.05) is 0 Å². The number of hydrogen-bond donors (Lipinski definition) is 4. The second-order valence-corrected chi connectivity index (χ2v) is 8.41. The molecule has 1 aromatic carbocycles. The Hall–Kier alpha value is -2.57. The Bertz CT molecular complexity index is 1040. The summed E-state index contributed by atoms with van der Waals surface area (Å²) in [5, 5.41) is 15.3. The molecule has 0 aliphatic heterocycles. The van der Waals surface area contributed by atoms with Gasteiger partial charge in [0.1, 0.15) is 18.0 Å². The van der Waals surface area contributed by atoms with Crippen molar-refractivity contribution in [2.24, 2.45) is 5.92 Å². The van der Waals surface area contributed by atoms with Gasteiger partial charge < -0.3 is 25.1 Å². The summed E-state index contributed by atoms with van der Waals surface area (Å²) in [6.07, 6.45) is 4.48. The van der Waals surface area contributed by atoms with E-state index < -0.39 is 6.10 Å². The number of carbonyl (C=O) groups is 1. The number of Topliss-reactive ketones (excluding diaryl/α,β-unsaturated/α-hetero) is 1. The van der Waals surface area contributed by atoms with Gasteiger partial charge in [-0.3, -0.25) is 4.79 Å². The van der Waals surface area contributed by atoms with Crippen molar-refractivity contribution in [3.8, 4) is 5.75 Å². The molecule has 2 heterocycles. The molecule has 4 atom stereocenters. The van der Waals surface area contributed by atoms with Crippen LogP contribution in [0.3, 0.4) is 0 Å². The number of aliphatic hydroxyl groups is 1. The highest BCUT2D eigenvalue weighted by Crippen LogP contribution is 2.29. The molecule has 2 aliphatic rings. The standard InChI is InChI=1S/C23H27N3O3/c1-13-10-17-19(26-13)4-2-15(22(17)27)12-25-20-6-7-21(23(20)28)29-16-3-5-18-14(11-16)8-9-24-18/h3,5,8-11,15,20-21,23-26,28H,2,4,6-7,12H2,1H3. The lowest BCUT2D eigenvalue weighted by Crippen LogP contribution is -2.44. The van der Waals surface area contributed by atoms with Crippen LogP contribution in [-0.2, 0) is 6.42 Å². The van der Waals surface area contributed by atoms with Gasteiger partial charge in [-0.25, -0.2) is 0 Å². The second kappa shape index (κ2) is 7.35. The number of nitrogens with one attached hydrogen (secondary N) is 3. The first-order chi connectivity index (χ1) is 14.1. The van der Waals surface area contributed by atoms with Crippen LogP contribution in [0.5, 0.6) is 5.75 Å². The van der Waals surface area contributed by atoms with Crippen LogP contribution in [-0.4, -0.2) is 45.7 Å². The largest absolute Gasteiger partial charge is 0.488 e. The Morgan fingerprint density at radius 2 is 2.10 bits per heavy atom. The minimum atomic E-state index is -0.583. The van der Waals surface area contributed by atoms with E-state index in [0.29, 0.717) is 6.54 Å². The third-order valence-electron chi connectivity index (χ3n) is 6.41. The Kier molecular flexibility index (Phi) is 4.68. The molecule has 0 saturated heterocycles. The first kappa shape index (κ1) is 18.5. The quantitative estimate of drug-likeness (QED) is 0.536. The van der Waals surface area contributed by atoms with Crippen molar-refractivity contribution in [2.45, 2.75) is 50.9 Å². The lowest BCUT2D eigenvalue weighted by atomic mass is 9.86. The lowest BCUT2D eigenvalue weighted by Gasteiger charge is -2.25. The number of ketones is 1. The van der Waals surface area contributed by atoms with E-state index in [9.17, 15) is 9.90 Å². The average Bonchev–Trinajstić information content (AvgIpc) is 3.41. The predicted octanol–water partition coefficient (Wildman–Crippen LogP) is 3.11. The van der Waals surface area contributed by atoms with Crippen LogP contribution in [0.25, 0.3) is 10.9 Å². The first-order valence-corrected chi connectivity index (χ1v) is 10.5. The van der Waals surface area contributed by atoms with Crippen molar-refractivity contribution < 1.29 is 14.6 Å². The lowest BCUT2D eigenvalue weighted by molar-refractivity contribution is 0.0442. The van der Waals surface area contributed by atoms with Crippen LogP contribution in [0.4, 0.5) is 0 Å². The van der Waals surface area contributed by atoms with Gasteiger partial charge in [-0.15, -0.1) is 0 Å². The van der Waals surface area contributed by atoms with Crippen molar-refractivity contribution in [1.29, 1.82) is 0 Å². The molecule has 6 heteroatoms. The SMILES string of the molecule is Cc1cc2c([nH]1)CCC(CNC1CCC(Oc3ccc4[nH]ccc4c3)C1O)C2=O. The number of aromatic nitrogens is 2. The summed E-state index contributed by atoms with van der Waals surface area (Å²) in [5.74, 6) is 0.962. The third-order valence-corrected chi connectivity index (χ3v) is 6.41. The summed E-state index contributed by atoms with van der Waals surface area (Å²) < 4.78 is 6.08. The van der Waals surface area contributed by atoms with Crippen molar-refractivity contribution in [2.75, 3.05) is 6.54 Å². The Morgan fingerprint density at radius 1 is 1.21 bits per heavy atom. The molecule has 2 aromatic heterocycles. The molecule has 1 fully saturated rings. The van der Waals surface area contributed by atoms with Gasteiger partial charge in [0.25, 0.3) is 0 Å². The summed E-state index contributed by atoms with van der Waals surface area (Å²) in [6, 6.07) is 9.85. The summed E-state index contributed by atoms with van der Waals surface area (Å²) >= 11 is 0.